The van der Waals surface area contributed by atoms with Crippen LogP contribution in [0.3, 0.4) is 0 Å². The maximum atomic E-state index is 12.3. The SMILES string of the molecule is CC(=O)c1ccc(NC(=O)C(C)SC(C)c2ccc(Cl)cc2)cc1. The average molecular weight is 362 g/mol. The molecular weight excluding hydrogens is 342 g/mol. The summed E-state index contributed by atoms with van der Waals surface area (Å²) in [5.74, 6) is -0.0509. The maximum absolute atomic E-state index is 12.3. The number of carbonyl (C=O) groups is 2. The van der Waals surface area contributed by atoms with Gasteiger partial charge in [-0.3, -0.25) is 9.59 Å². The Hall–Kier alpha value is -1.78. The lowest BCUT2D eigenvalue weighted by Crippen LogP contribution is -2.23. The summed E-state index contributed by atoms with van der Waals surface area (Å²) in [6, 6.07) is 14.6. The molecule has 2 rings (SSSR count). The van der Waals surface area contributed by atoms with E-state index in [0.29, 0.717) is 16.3 Å². The summed E-state index contributed by atoms with van der Waals surface area (Å²) in [5, 5.41) is 3.56. The zero-order valence-electron chi connectivity index (χ0n) is 13.9. The Balaban J connectivity index is 1.93. The smallest absolute Gasteiger partial charge is 0.237 e. The standard InChI is InChI=1S/C19H20ClNO2S/c1-12(22)15-6-10-18(11-7-15)21-19(23)14(3)24-13(2)16-4-8-17(20)9-5-16/h4-11,13-14H,1-3H3,(H,21,23). The second-order valence-electron chi connectivity index (χ2n) is 5.59. The van der Waals surface area contributed by atoms with Crippen molar-refractivity contribution in [2.45, 2.75) is 31.3 Å². The van der Waals surface area contributed by atoms with Crippen molar-refractivity contribution in [2.75, 3.05) is 5.32 Å². The molecule has 0 saturated carbocycles. The Labute approximate surface area is 151 Å². The lowest BCUT2D eigenvalue weighted by Gasteiger charge is -2.17. The van der Waals surface area contributed by atoms with Crippen LogP contribution in [-0.4, -0.2) is 16.9 Å². The van der Waals surface area contributed by atoms with E-state index in [9.17, 15) is 9.59 Å². The van der Waals surface area contributed by atoms with Crippen LogP contribution in [0.15, 0.2) is 48.5 Å². The molecule has 0 aliphatic carbocycles. The highest BCUT2D eigenvalue weighted by atomic mass is 35.5. The summed E-state index contributed by atoms with van der Waals surface area (Å²) in [4.78, 5) is 23.6. The van der Waals surface area contributed by atoms with Crippen molar-refractivity contribution < 1.29 is 9.59 Å². The molecule has 0 heterocycles. The van der Waals surface area contributed by atoms with Gasteiger partial charge in [0.25, 0.3) is 0 Å². The van der Waals surface area contributed by atoms with Crippen molar-refractivity contribution in [3.63, 3.8) is 0 Å². The van der Waals surface area contributed by atoms with Gasteiger partial charge < -0.3 is 5.32 Å². The molecule has 0 bridgehead atoms. The second kappa shape index (κ2) is 8.36. The first-order chi connectivity index (χ1) is 11.4. The van der Waals surface area contributed by atoms with Crippen LogP contribution in [0, 0.1) is 0 Å². The van der Waals surface area contributed by atoms with Crippen LogP contribution < -0.4 is 5.32 Å². The monoisotopic (exact) mass is 361 g/mol. The van der Waals surface area contributed by atoms with Gasteiger partial charge in [0.15, 0.2) is 5.78 Å². The molecule has 3 nitrogen and oxygen atoms in total. The molecular formula is C19H20ClNO2S. The fourth-order valence-electron chi connectivity index (χ4n) is 2.21. The normalized spacial score (nSPS) is 13.2. The first-order valence-electron chi connectivity index (χ1n) is 7.69. The quantitative estimate of drug-likeness (QED) is 0.704. The molecule has 1 amide bonds. The highest BCUT2D eigenvalue weighted by Crippen LogP contribution is 2.32. The van der Waals surface area contributed by atoms with Crippen molar-refractivity contribution >= 4 is 40.7 Å². The summed E-state index contributed by atoms with van der Waals surface area (Å²) in [6.45, 7) is 5.47. The largest absolute Gasteiger partial charge is 0.325 e. The Morgan fingerprint density at radius 2 is 1.58 bits per heavy atom. The molecule has 2 atom stereocenters. The van der Waals surface area contributed by atoms with E-state index in [0.717, 1.165) is 5.56 Å². The van der Waals surface area contributed by atoms with Crippen molar-refractivity contribution in [2.24, 2.45) is 0 Å². The van der Waals surface area contributed by atoms with E-state index in [-0.39, 0.29) is 22.2 Å². The van der Waals surface area contributed by atoms with Gasteiger partial charge in [-0.1, -0.05) is 23.7 Å². The first-order valence-corrected chi connectivity index (χ1v) is 9.01. The number of anilines is 1. The number of nitrogens with one attached hydrogen (secondary N) is 1. The predicted octanol–water partition coefficient (Wildman–Crippen LogP) is 5.36. The van der Waals surface area contributed by atoms with E-state index in [1.165, 1.54) is 6.92 Å². The van der Waals surface area contributed by atoms with Crippen molar-refractivity contribution in [1.29, 1.82) is 0 Å². The molecule has 2 unspecified atom stereocenters. The summed E-state index contributed by atoms with van der Waals surface area (Å²) >= 11 is 7.49. The highest BCUT2D eigenvalue weighted by molar-refractivity contribution is 8.00. The Morgan fingerprint density at radius 3 is 2.12 bits per heavy atom. The van der Waals surface area contributed by atoms with Gasteiger partial charge in [-0.15, -0.1) is 11.8 Å². The van der Waals surface area contributed by atoms with E-state index < -0.39 is 0 Å². The topological polar surface area (TPSA) is 46.2 Å². The molecule has 0 radical (unpaired) electrons. The van der Waals surface area contributed by atoms with E-state index in [1.54, 1.807) is 36.0 Å². The number of rotatable bonds is 6. The average Bonchev–Trinajstić information content (AvgIpc) is 2.55. The van der Waals surface area contributed by atoms with Gasteiger partial charge in [-0.2, -0.15) is 0 Å². The fourth-order valence-corrected chi connectivity index (χ4v) is 3.45. The number of hydrogen-bond acceptors (Lipinski definition) is 3. The maximum Gasteiger partial charge on any atom is 0.237 e. The van der Waals surface area contributed by atoms with E-state index in [4.69, 9.17) is 11.6 Å². The summed E-state index contributed by atoms with van der Waals surface area (Å²) in [7, 11) is 0. The van der Waals surface area contributed by atoms with Gasteiger partial charge >= 0.3 is 0 Å². The van der Waals surface area contributed by atoms with Crippen LogP contribution in [0.2, 0.25) is 5.02 Å². The lowest BCUT2D eigenvalue weighted by atomic mass is 10.1. The van der Waals surface area contributed by atoms with Crippen molar-refractivity contribution in [3.8, 4) is 0 Å². The van der Waals surface area contributed by atoms with Crippen LogP contribution in [-0.2, 0) is 4.79 Å². The number of halogens is 1. The van der Waals surface area contributed by atoms with Gasteiger partial charge in [0.05, 0.1) is 5.25 Å². The predicted molar refractivity (Wildman–Crippen MR) is 102 cm³/mol. The third-order valence-electron chi connectivity index (χ3n) is 3.68. The second-order valence-corrected chi connectivity index (χ2v) is 7.72. The van der Waals surface area contributed by atoms with E-state index in [1.807, 2.05) is 31.2 Å². The number of benzene rings is 2. The lowest BCUT2D eigenvalue weighted by molar-refractivity contribution is -0.115. The van der Waals surface area contributed by atoms with Gasteiger partial charge in [0, 0.05) is 21.5 Å². The Bertz CT molecular complexity index is 713. The number of ketones is 1. The van der Waals surface area contributed by atoms with Crippen LogP contribution in [0.1, 0.15) is 41.9 Å². The molecule has 1 N–H and O–H groups in total. The van der Waals surface area contributed by atoms with Crippen molar-refractivity contribution in [1.82, 2.24) is 0 Å². The summed E-state index contributed by atoms with van der Waals surface area (Å²) < 4.78 is 0. The zero-order chi connectivity index (χ0) is 17.7. The van der Waals surface area contributed by atoms with Crippen LogP contribution in [0.5, 0.6) is 0 Å². The molecule has 0 aliphatic rings. The number of amides is 1. The zero-order valence-corrected chi connectivity index (χ0v) is 15.4. The third kappa shape index (κ3) is 5.11. The molecule has 24 heavy (non-hydrogen) atoms. The minimum atomic E-state index is -0.205. The number of Topliss-reactive ketones (excluding diaryl/α,β-unsaturated/α-hetero) is 1. The van der Waals surface area contributed by atoms with Crippen molar-refractivity contribution in [3.05, 3.63) is 64.7 Å². The van der Waals surface area contributed by atoms with Gasteiger partial charge in [0.2, 0.25) is 5.91 Å². The Morgan fingerprint density at radius 1 is 1.00 bits per heavy atom. The third-order valence-corrected chi connectivity index (χ3v) is 5.23. The number of hydrogen-bond donors (Lipinski definition) is 1. The Kier molecular flexibility index (Phi) is 6.46. The van der Waals surface area contributed by atoms with E-state index >= 15 is 0 Å². The molecule has 0 spiro atoms. The fraction of sp³-hybridized carbons (Fsp3) is 0.263. The molecule has 0 aliphatic heterocycles. The minimum absolute atomic E-state index is 0.00795. The first kappa shape index (κ1) is 18.6. The van der Waals surface area contributed by atoms with Gasteiger partial charge in [-0.25, -0.2) is 0 Å². The van der Waals surface area contributed by atoms with Crippen LogP contribution in [0.25, 0.3) is 0 Å². The molecule has 0 saturated heterocycles. The molecule has 5 heteroatoms. The molecule has 0 fully saturated rings. The molecule has 2 aromatic carbocycles. The molecule has 0 aromatic heterocycles. The highest BCUT2D eigenvalue weighted by Gasteiger charge is 2.18. The number of carbonyl (C=O) groups excluding carboxylic acids is 2. The van der Waals surface area contributed by atoms with Gasteiger partial charge in [0.1, 0.15) is 0 Å². The van der Waals surface area contributed by atoms with E-state index in [2.05, 4.69) is 12.2 Å². The van der Waals surface area contributed by atoms with Crippen LogP contribution >= 0.6 is 23.4 Å². The number of thioether (sulfide) groups is 1. The molecule has 2 aromatic rings. The van der Waals surface area contributed by atoms with Crippen LogP contribution in [0.4, 0.5) is 5.69 Å². The summed E-state index contributed by atoms with van der Waals surface area (Å²) in [6.07, 6.45) is 0. The minimum Gasteiger partial charge on any atom is -0.325 e. The molecule has 126 valence electrons. The van der Waals surface area contributed by atoms with Gasteiger partial charge in [-0.05, 0) is 62.7 Å². The summed E-state index contributed by atoms with van der Waals surface area (Å²) in [5.41, 5.74) is 2.46.